The first-order chi connectivity index (χ1) is 9.24. The van der Waals surface area contributed by atoms with Crippen molar-refractivity contribution in [2.75, 3.05) is 13.7 Å². The third-order valence-corrected chi connectivity index (χ3v) is 4.08. The maximum absolute atomic E-state index is 5.91. The van der Waals surface area contributed by atoms with Gasteiger partial charge in [0.1, 0.15) is 5.01 Å². The highest BCUT2D eigenvalue weighted by Crippen LogP contribution is 2.29. The summed E-state index contributed by atoms with van der Waals surface area (Å²) in [4.78, 5) is 5.89. The fourth-order valence-electron chi connectivity index (χ4n) is 1.73. The van der Waals surface area contributed by atoms with Crippen molar-refractivity contribution in [1.29, 1.82) is 0 Å². The van der Waals surface area contributed by atoms with Gasteiger partial charge >= 0.3 is 0 Å². The molecule has 1 aromatic heterocycles. The third-order valence-electron chi connectivity index (χ3n) is 2.69. The van der Waals surface area contributed by atoms with Crippen LogP contribution in [0.3, 0.4) is 0 Å². The van der Waals surface area contributed by atoms with E-state index < -0.39 is 0 Å². The Morgan fingerprint density at radius 3 is 2.68 bits per heavy atom. The van der Waals surface area contributed by atoms with Crippen molar-refractivity contribution in [3.63, 3.8) is 0 Å². The number of rotatable bonds is 6. The van der Waals surface area contributed by atoms with E-state index in [-0.39, 0.29) is 0 Å². The largest absolute Gasteiger partial charge is 0.378 e. The average molecular weight is 297 g/mol. The summed E-state index contributed by atoms with van der Waals surface area (Å²) in [6, 6.07) is 7.76. The lowest BCUT2D eigenvalue weighted by Gasteiger charge is -2.00. The standard InChI is InChI=1S/C14H17ClN2OS/c1-3-16-8-13-12(9-18-2)17-14(19-13)10-4-6-11(15)7-5-10/h4-7,16H,3,8-9H2,1-2H3. The number of benzene rings is 1. The minimum Gasteiger partial charge on any atom is -0.378 e. The highest BCUT2D eigenvalue weighted by molar-refractivity contribution is 7.15. The van der Waals surface area contributed by atoms with Crippen molar-refractivity contribution in [3.05, 3.63) is 39.9 Å². The zero-order valence-electron chi connectivity index (χ0n) is 11.1. The molecule has 0 bridgehead atoms. The minimum absolute atomic E-state index is 0.546. The van der Waals surface area contributed by atoms with Gasteiger partial charge in [-0.05, 0) is 18.7 Å². The van der Waals surface area contributed by atoms with Crippen LogP contribution in [0.1, 0.15) is 17.5 Å². The van der Waals surface area contributed by atoms with E-state index in [4.69, 9.17) is 16.3 Å². The molecule has 1 aromatic carbocycles. The molecule has 5 heteroatoms. The fraction of sp³-hybridized carbons (Fsp3) is 0.357. The van der Waals surface area contributed by atoms with E-state index in [0.29, 0.717) is 6.61 Å². The Balaban J connectivity index is 2.27. The van der Waals surface area contributed by atoms with Gasteiger partial charge in [0.05, 0.1) is 12.3 Å². The van der Waals surface area contributed by atoms with Crippen molar-refractivity contribution in [2.45, 2.75) is 20.1 Å². The van der Waals surface area contributed by atoms with Crippen molar-refractivity contribution >= 4 is 22.9 Å². The second kappa shape index (κ2) is 7.01. The number of nitrogens with zero attached hydrogens (tertiary/aromatic N) is 1. The van der Waals surface area contributed by atoms with E-state index in [9.17, 15) is 0 Å². The van der Waals surface area contributed by atoms with E-state index in [1.54, 1.807) is 18.4 Å². The monoisotopic (exact) mass is 296 g/mol. The van der Waals surface area contributed by atoms with Crippen molar-refractivity contribution in [1.82, 2.24) is 10.3 Å². The minimum atomic E-state index is 0.546. The maximum Gasteiger partial charge on any atom is 0.124 e. The van der Waals surface area contributed by atoms with Crippen LogP contribution in [-0.2, 0) is 17.9 Å². The molecule has 0 atom stereocenters. The van der Waals surface area contributed by atoms with Crippen LogP contribution in [0.15, 0.2) is 24.3 Å². The molecule has 0 aliphatic heterocycles. The first-order valence-electron chi connectivity index (χ1n) is 6.18. The van der Waals surface area contributed by atoms with Crippen LogP contribution in [0, 0.1) is 0 Å². The van der Waals surface area contributed by atoms with Crippen LogP contribution in [0.5, 0.6) is 0 Å². The van der Waals surface area contributed by atoms with Gasteiger partial charge in [0, 0.05) is 29.1 Å². The predicted octanol–water partition coefficient (Wildman–Crippen LogP) is 3.72. The highest BCUT2D eigenvalue weighted by atomic mass is 35.5. The Kier molecular flexibility index (Phi) is 5.34. The Morgan fingerprint density at radius 2 is 2.05 bits per heavy atom. The van der Waals surface area contributed by atoms with E-state index in [1.165, 1.54) is 4.88 Å². The van der Waals surface area contributed by atoms with Crippen LogP contribution >= 0.6 is 22.9 Å². The molecule has 3 nitrogen and oxygen atoms in total. The second-order valence-corrected chi connectivity index (χ2v) is 5.63. The molecule has 0 fully saturated rings. The highest BCUT2D eigenvalue weighted by Gasteiger charge is 2.12. The molecule has 0 spiro atoms. The molecule has 19 heavy (non-hydrogen) atoms. The van der Waals surface area contributed by atoms with E-state index in [0.717, 1.165) is 34.4 Å². The molecule has 1 N–H and O–H groups in total. The zero-order chi connectivity index (χ0) is 13.7. The zero-order valence-corrected chi connectivity index (χ0v) is 12.6. The van der Waals surface area contributed by atoms with Gasteiger partial charge < -0.3 is 10.1 Å². The van der Waals surface area contributed by atoms with Crippen LogP contribution in [0.4, 0.5) is 0 Å². The van der Waals surface area contributed by atoms with E-state index in [1.807, 2.05) is 24.3 Å². The molecule has 0 aliphatic rings. The molecular formula is C14H17ClN2OS. The maximum atomic E-state index is 5.91. The number of nitrogens with one attached hydrogen (secondary N) is 1. The van der Waals surface area contributed by atoms with Crippen LogP contribution < -0.4 is 5.32 Å². The molecule has 0 unspecified atom stereocenters. The van der Waals surface area contributed by atoms with Gasteiger partial charge in [0.25, 0.3) is 0 Å². The van der Waals surface area contributed by atoms with Gasteiger partial charge in [-0.25, -0.2) is 4.98 Å². The molecule has 2 rings (SSSR count). The summed E-state index contributed by atoms with van der Waals surface area (Å²) in [6.45, 7) is 4.42. The summed E-state index contributed by atoms with van der Waals surface area (Å²) in [7, 11) is 1.69. The van der Waals surface area contributed by atoms with Crippen LogP contribution in [-0.4, -0.2) is 18.6 Å². The van der Waals surface area contributed by atoms with Crippen LogP contribution in [0.25, 0.3) is 10.6 Å². The summed E-state index contributed by atoms with van der Waals surface area (Å²) in [6.07, 6.45) is 0. The number of hydrogen-bond donors (Lipinski definition) is 1. The smallest absolute Gasteiger partial charge is 0.124 e. The Hall–Kier alpha value is -0.940. The number of ether oxygens (including phenoxy) is 1. The lowest BCUT2D eigenvalue weighted by molar-refractivity contribution is 0.181. The summed E-state index contributed by atoms with van der Waals surface area (Å²) in [5, 5.41) is 5.08. The molecular weight excluding hydrogens is 280 g/mol. The van der Waals surface area contributed by atoms with Gasteiger partial charge in [0.2, 0.25) is 0 Å². The van der Waals surface area contributed by atoms with E-state index >= 15 is 0 Å². The average Bonchev–Trinajstić information content (AvgIpc) is 2.81. The lowest BCUT2D eigenvalue weighted by Crippen LogP contribution is -2.12. The molecule has 0 saturated carbocycles. The predicted molar refractivity (Wildman–Crippen MR) is 80.7 cm³/mol. The van der Waals surface area contributed by atoms with E-state index in [2.05, 4.69) is 17.2 Å². The summed E-state index contributed by atoms with van der Waals surface area (Å²) in [5.74, 6) is 0. The fourth-order valence-corrected chi connectivity index (χ4v) is 2.89. The topological polar surface area (TPSA) is 34.2 Å². The molecule has 0 aliphatic carbocycles. The number of methoxy groups -OCH3 is 1. The molecule has 1 heterocycles. The summed E-state index contributed by atoms with van der Waals surface area (Å²) >= 11 is 7.61. The molecule has 0 amide bonds. The third kappa shape index (κ3) is 3.76. The van der Waals surface area contributed by atoms with Gasteiger partial charge in [0.15, 0.2) is 0 Å². The molecule has 102 valence electrons. The SMILES string of the molecule is CCNCc1sc(-c2ccc(Cl)cc2)nc1COC. The lowest BCUT2D eigenvalue weighted by atomic mass is 10.2. The van der Waals surface area contributed by atoms with Gasteiger partial charge in [-0.15, -0.1) is 11.3 Å². The summed E-state index contributed by atoms with van der Waals surface area (Å²) < 4.78 is 5.21. The number of halogens is 1. The van der Waals surface area contributed by atoms with Crippen LogP contribution in [0.2, 0.25) is 5.02 Å². The van der Waals surface area contributed by atoms with Gasteiger partial charge in [-0.1, -0.05) is 30.7 Å². The van der Waals surface area contributed by atoms with Crippen molar-refractivity contribution < 1.29 is 4.74 Å². The number of hydrogen-bond acceptors (Lipinski definition) is 4. The molecule has 0 saturated heterocycles. The van der Waals surface area contributed by atoms with Crippen molar-refractivity contribution in [3.8, 4) is 10.6 Å². The quantitative estimate of drug-likeness (QED) is 0.882. The Bertz CT molecular complexity index is 525. The van der Waals surface area contributed by atoms with Gasteiger partial charge in [-0.3, -0.25) is 0 Å². The molecule has 2 aromatic rings. The number of thiazole rings is 1. The molecule has 0 radical (unpaired) electrons. The number of aromatic nitrogens is 1. The van der Waals surface area contributed by atoms with Crippen molar-refractivity contribution in [2.24, 2.45) is 0 Å². The first kappa shape index (κ1) is 14.5. The first-order valence-corrected chi connectivity index (χ1v) is 7.38. The summed E-state index contributed by atoms with van der Waals surface area (Å²) in [5.41, 5.74) is 2.10. The normalized spacial score (nSPS) is 10.9. The van der Waals surface area contributed by atoms with Gasteiger partial charge in [-0.2, -0.15) is 0 Å². The Morgan fingerprint density at radius 1 is 1.32 bits per heavy atom. The Labute approximate surface area is 122 Å². The second-order valence-electron chi connectivity index (χ2n) is 4.11.